The molecule has 2 aromatic rings. The van der Waals surface area contributed by atoms with E-state index in [-0.39, 0.29) is 5.91 Å². The van der Waals surface area contributed by atoms with Gasteiger partial charge in [-0.15, -0.1) is 22.7 Å². The van der Waals surface area contributed by atoms with Crippen LogP contribution in [-0.2, 0) is 0 Å². The Balaban J connectivity index is 1.85. The van der Waals surface area contributed by atoms with Gasteiger partial charge in [-0.1, -0.05) is 13.8 Å². The monoisotopic (exact) mass is 268 g/mol. The van der Waals surface area contributed by atoms with Gasteiger partial charge in [0, 0.05) is 28.5 Å². The number of nitrogens with one attached hydrogen (secondary N) is 2. The number of thiophene rings is 2. The van der Waals surface area contributed by atoms with E-state index in [4.69, 9.17) is 0 Å². The number of carbonyl (C=O) groups is 1. The number of carbonyl (C=O) groups excluding carboxylic acids is 1. The largest absolute Gasteiger partial charge is 0.350 e. The summed E-state index contributed by atoms with van der Waals surface area (Å²) < 4.78 is 2.39. The molecule has 0 aliphatic carbocycles. The summed E-state index contributed by atoms with van der Waals surface area (Å²) in [4.78, 5) is 12.6. The topological polar surface area (TPSA) is 41.1 Å². The predicted molar refractivity (Wildman–Crippen MR) is 75.2 cm³/mol. The van der Waals surface area contributed by atoms with Crippen molar-refractivity contribution >= 4 is 38.0 Å². The van der Waals surface area contributed by atoms with E-state index in [2.05, 4.69) is 35.9 Å². The second kappa shape index (κ2) is 5.62. The first-order valence-electron chi connectivity index (χ1n) is 5.65. The van der Waals surface area contributed by atoms with Crippen molar-refractivity contribution < 1.29 is 4.79 Å². The van der Waals surface area contributed by atoms with E-state index < -0.39 is 0 Å². The third-order valence-electron chi connectivity index (χ3n) is 2.33. The third kappa shape index (κ3) is 3.28. The molecule has 0 atom stereocenters. The summed E-state index contributed by atoms with van der Waals surface area (Å²) in [5.41, 5.74) is 0. The highest BCUT2D eigenvalue weighted by Crippen LogP contribution is 2.29. The SMILES string of the molecule is CC(C)NCCNC(=O)c1cc2sccc2s1. The molecule has 2 aromatic heterocycles. The molecule has 92 valence electrons. The van der Waals surface area contributed by atoms with Crippen LogP contribution in [0.25, 0.3) is 9.40 Å². The molecule has 0 bridgehead atoms. The van der Waals surface area contributed by atoms with Crippen LogP contribution < -0.4 is 10.6 Å². The fourth-order valence-electron chi connectivity index (χ4n) is 1.50. The van der Waals surface area contributed by atoms with E-state index in [0.29, 0.717) is 12.6 Å². The van der Waals surface area contributed by atoms with E-state index in [9.17, 15) is 4.79 Å². The van der Waals surface area contributed by atoms with Crippen LogP contribution in [0.15, 0.2) is 17.5 Å². The zero-order chi connectivity index (χ0) is 12.3. The van der Waals surface area contributed by atoms with Crippen molar-refractivity contribution in [3.05, 3.63) is 22.4 Å². The van der Waals surface area contributed by atoms with Gasteiger partial charge in [-0.05, 0) is 17.5 Å². The minimum Gasteiger partial charge on any atom is -0.350 e. The van der Waals surface area contributed by atoms with Crippen LogP contribution in [0, 0.1) is 0 Å². The van der Waals surface area contributed by atoms with Crippen molar-refractivity contribution in [2.24, 2.45) is 0 Å². The minimum absolute atomic E-state index is 0.0314. The number of amides is 1. The molecule has 0 aliphatic heterocycles. The molecule has 1 amide bonds. The minimum atomic E-state index is 0.0314. The molecule has 0 aromatic carbocycles. The molecular weight excluding hydrogens is 252 g/mol. The highest BCUT2D eigenvalue weighted by molar-refractivity contribution is 7.27. The summed E-state index contributed by atoms with van der Waals surface area (Å²) in [5.74, 6) is 0.0314. The zero-order valence-electron chi connectivity index (χ0n) is 9.95. The first kappa shape index (κ1) is 12.5. The van der Waals surface area contributed by atoms with Crippen LogP contribution in [0.5, 0.6) is 0 Å². The van der Waals surface area contributed by atoms with Crippen molar-refractivity contribution in [1.29, 1.82) is 0 Å². The van der Waals surface area contributed by atoms with E-state index >= 15 is 0 Å². The maximum Gasteiger partial charge on any atom is 0.261 e. The summed E-state index contributed by atoms with van der Waals surface area (Å²) in [5, 5.41) is 8.23. The summed E-state index contributed by atoms with van der Waals surface area (Å²) in [6.07, 6.45) is 0. The number of hydrogen-bond donors (Lipinski definition) is 2. The highest BCUT2D eigenvalue weighted by atomic mass is 32.1. The van der Waals surface area contributed by atoms with Gasteiger partial charge >= 0.3 is 0 Å². The lowest BCUT2D eigenvalue weighted by atomic mass is 10.4. The summed E-state index contributed by atoms with van der Waals surface area (Å²) in [6, 6.07) is 4.48. The first-order valence-corrected chi connectivity index (χ1v) is 7.35. The van der Waals surface area contributed by atoms with E-state index in [1.807, 2.05) is 6.07 Å². The molecule has 0 fully saturated rings. The van der Waals surface area contributed by atoms with Gasteiger partial charge < -0.3 is 10.6 Å². The Kier molecular flexibility index (Phi) is 4.15. The molecule has 2 heterocycles. The van der Waals surface area contributed by atoms with Crippen LogP contribution in [0.3, 0.4) is 0 Å². The van der Waals surface area contributed by atoms with Gasteiger partial charge in [0.1, 0.15) is 0 Å². The molecule has 5 heteroatoms. The van der Waals surface area contributed by atoms with Gasteiger partial charge in [-0.25, -0.2) is 0 Å². The number of fused-ring (bicyclic) bond motifs is 1. The molecule has 3 nitrogen and oxygen atoms in total. The van der Waals surface area contributed by atoms with Gasteiger partial charge in [0.2, 0.25) is 0 Å². The maximum atomic E-state index is 11.8. The van der Waals surface area contributed by atoms with Crippen LogP contribution >= 0.6 is 22.7 Å². The lowest BCUT2D eigenvalue weighted by molar-refractivity contribution is 0.0958. The average Bonchev–Trinajstić information content (AvgIpc) is 2.83. The summed E-state index contributed by atoms with van der Waals surface area (Å²) in [6.45, 7) is 5.66. The van der Waals surface area contributed by atoms with Crippen LogP contribution in [0.2, 0.25) is 0 Å². The van der Waals surface area contributed by atoms with Crippen molar-refractivity contribution in [2.45, 2.75) is 19.9 Å². The van der Waals surface area contributed by atoms with E-state index in [0.717, 1.165) is 11.4 Å². The summed E-state index contributed by atoms with van der Waals surface area (Å²) in [7, 11) is 0. The van der Waals surface area contributed by atoms with Gasteiger partial charge in [0.25, 0.3) is 5.91 Å². The van der Waals surface area contributed by atoms with E-state index in [1.54, 1.807) is 22.7 Å². The average molecular weight is 268 g/mol. The van der Waals surface area contributed by atoms with Crippen molar-refractivity contribution in [3.63, 3.8) is 0 Å². The van der Waals surface area contributed by atoms with Crippen molar-refractivity contribution in [1.82, 2.24) is 10.6 Å². The normalized spacial score (nSPS) is 11.2. The first-order chi connectivity index (χ1) is 8.16. The van der Waals surface area contributed by atoms with E-state index in [1.165, 1.54) is 9.40 Å². The quantitative estimate of drug-likeness (QED) is 0.819. The molecule has 2 N–H and O–H groups in total. The van der Waals surface area contributed by atoms with Gasteiger partial charge in [-0.2, -0.15) is 0 Å². The highest BCUT2D eigenvalue weighted by Gasteiger charge is 2.10. The van der Waals surface area contributed by atoms with Gasteiger partial charge in [-0.3, -0.25) is 4.79 Å². The second-order valence-corrected chi connectivity index (χ2v) is 6.16. The molecule has 0 saturated heterocycles. The van der Waals surface area contributed by atoms with Crippen LogP contribution in [0.1, 0.15) is 23.5 Å². The van der Waals surface area contributed by atoms with Crippen LogP contribution in [0.4, 0.5) is 0 Å². The Labute approximate surface area is 109 Å². The summed E-state index contributed by atoms with van der Waals surface area (Å²) >= 11 is 3.23. The Bertz CT molecular complexity index is 473. The van der Waals surface area contributed by atoms with Crippen molar-refractivity contribution in [2.75, 3.05) is 13.1 Å². The Morgan fingerprint density at radius 2 is 2.18 bits per heavy atom. The number of rotatable bonds is 5. The molecule has 0 spiro atoms. The Hall–Kier alpha value is -0.910. The lowest BCUT2D eigenvalue weighted by Crippen LogP contribution is -2.34. The fraction of sp³-hybridized carbons (Fsp3) is 0.417. The van der Waals surface area contributed by atoms with Gasteiger partial charge in [0.05, 0.1) is 4.88 Å². The van der Waals surface area contributed by atoms with Gasteiger partial charge in [0.15, 0.2) is 0 Å². The molecule has 0 saturated carbocycles. The Morgan fingerprint density at radius 3 is 2.88 bits per heavy atom. The standard InChI is InChI=1S/C12H16N2OS2/c1-8(2)13-4-5-14-12(15)11-7-10-9(17-11)3-6-16-10/h3,6-8,13H,4-5H2,1-2H3,(H,14,15). The smallest absolute Gasteiger partial charge is 0.261 e. The second-order valence-electron chi connectivity index (χ2n) is 4.12. The molecular formula is C12H16N2OS2. The zero-order valence-corrected chi connectivity index (χ0v) is 11.6. The molecule has 0 radical (unpaired) electrons. The number of hydrogen-bond acceptors (Lipinski definition) is 4. The molecule has 0 unspecified atom stereocenters. The molecule has 2 rings (SSSR count). The van der Waals surface area contributed by atoms with Crippen LogP contribution in [-0.4, -0.2) is 25.0 Å². The Morgan fingerprint density at radius 1 is 1.35 bits per heavy atom. The predicted octanol–water partition coefficient (Wildman–Crippen LogP) is 2.69. The lowest BCUT2D eigenvalue weighted by Gasteiger charge is -2.08. The van der Waals surface area contributed by atoms with Crippen molar-refractivity contribution in [3.8, 4) is 0 Å². The molecule has 17 heavy (non-hydrogen) atoms. The maximum absolute atomic E-state index is 11.8. The fourth-order valence-corrected chi connectivity index (χ4v) is 3.53. The molecule has 0 aliphatic rings. The third-order valence-corrected chi connectivity index (χ3v) is 4.42.